The Hall–Kier alpha value is -7.76. The van der Waals surface area contributed by atoms with Crippen LogP contribution in [0.25, 0.3) is 105 Å². The van der Waals surface area contributed by atoms with E-state index in [1.54, 1.807) is 0 Å². The van der Waals surface area contributed by atoms with E-state index in [-0.39, 0.29) is 0 Å². The average Bonchev–Trinajstić information content (AvgIpc) is 4.03. The summed E-state index contributed by atoms with van der Waals surface area (Å²) >= 11 is 0. The number of anilines is 2. The van der Waals surface area contributed by atoms with Crippen molar-refractivity contribution < 1.29 is 4.42 Å². The number of hydrogen-bond donors (Lipinski definition) is 2. The molecule has 5 heteroatoms. The fraction of sp³-hybridized carbons (Fsp3) is 0.0545. The van der Waals surface area contributed by atoms with E-state index in [1.165, 1.54) is 66.1 Å². The van der Waals surface area contributed by atoms with Gasteiger partial charge in [0.15, 0.2) is 0 Å². The molecule has 60 heavy (non-hydrogen) atoms. The van der Waals surface area contributed by atoms with Crippen molar-refractivity contribution in [1.29, 1.82) is 0 Å². The zero-order chi connectivity index (χ0) is 39.5. The second kappa shape index (κ2) is 12.6. The molecule has 8 aromatic carbocycles. The lowest BCUT2D eigenvalue weighted by atomic mass is 9.99. The summed E-state index contributed by atoms with van der Waals surface area (Å²) in [6.07, 6.45) is 6.76. The van der Waals surface area contributed by atoms with Gasteiger partial charge in [0.2, 0.25) is 0 Å². The summed E-state index contributed by atoms with van der Waals surface area (Å²) in [6.45, 7) is 2.17. The van der Waals surface area contributed by atoms with E-state index in [0.717, 1.165) is 73.9 Å². The first kappa shape index (κ1) is 33.2. The number of furan rings is 1. The van der Waals surface area contributed by atoms with E-state index in [1.807, 2.05) is 12.1 Å². The van der Waals surface area contributed by atoms with Gasteiger partial charge in [-0.25, -0.2) is 0 Å². The van der Waals surface area contributed by atoms with Crippen molar-refractivity contribution in [3.8, 4) is 22.5 Å². The highest BCUT2D eigenvalue weighted by molar-refractivity contribution is 6.19. The summed E-state index contributed by atoms with van der Waals surface area (Å²) in [5.41, 5.74) is 18.4. The summed E-state index contributed by atoms with van der Waals surface area (Å²) in [7, 11) is 0. The highest BCUT2D eigenvalue weighted by Gasteiger charge is 2.22. The molecule has 0 fully saturated rings. The average molecular weight is 771 g/mol. The number of H-pyrrole nitrogens is 1. The molecule has 0 bridgehead atoms. The first-order valence-corrected chi connectivity index (χ1v) is 20.8. The van der Waals surface area contributed by atoms with Gasteiger partial charge in [-0.15, -0.1) is 0 Å². The highest BCUT2D eigenvalue weighted by atomic mass is 16.3. The Bertz CT molecular complexity index is 3770. The van der Waals surface area contributed by atoms with Gasteiger partial charge in [0, 0.05) is 82.7 Å². The zero-order valence-electron chi connectivity index (χ0n) is 33.0. The minimum atomic E-state index is 0.893. The summed E-state index contributed by atoms with van der Waals surface area (Å²) in [6, 6.07) is 59.4. The number of rotatable bonds is 5. The van der Waals surface area contributed by atoms with Gasteiger partial charge >= 0.3 is 0 Å². The van der Waals surface area contributed by atoms with Crippen LogP contribution in [-0.2, 0) is 6.42 Å². The maximum atomic E-state index is 6.28. The summed E-state index contributed by atoms with van der Waals surface area (Å²) in [5, 5.41) is 12.2. The minimum Gasteiger partial charge on any atom is -0.456 e. The molecule has 2 N–H and O–H groups in total. The first-order chi connectivity index (χ1) is 29.6. The van der Waals surface area contributed by atoms with Crippen LogP contribution in [0.2, 0.25) is 0 Å². The van der Waals surface area contributed by atoms with Gasteiger partial charge in [-0.3, -0.25) is 0 Å². The largest absolute Gasteiger partial charge is 0.456 e. The minimum absolute atomic E-state index is 0.893. The molecule has 0 saturated heterocycles. The highest BCUT2D eigenvalue weighted by Crippen LogP contribution is 2.42. The number of aromatic nitrogens is 3. The van der Waals surface area contributed by atoms with Gasteiger partial charge in [-0.05, 0) is 127 Å². The Kier molecular flexibility index (Phi) is 6.99. The molecule has 0 amide bonds. The fourth-order valence-corrected chi connectivity index (χ4v) is 10.1. The molecule has 5 nitrogen and oxygen atoms in total. The lowest BCUT2D eigenvalue weighted by Gasteiger charge is -2.14. The maximum Gasteiger partial charge on any atom is 0.135 e. The number of para-hydroxylation sites is 3. The molecule has 284 valence electrons. The van der Waals surface area contributed by atoms with Gasteiger partial charge in [0.1, 0.15) is 11.2 Å². The number of allylic oxidation sites excluding steroid dienone is 1. The lowest BCUT2D eigenvalue weighted by Crippen LogP contribution is -2.00. The SMILES string of the molecule is Cc1ccccc1-c1ccccc1Nc1ccc2[nH]c3cc4c(cc3c2c1)c1cc(-n2c3c(c5ccccc52)CCC=C3)ccc1n4-c1ccc2oc3ccccc3c2c1. The number of aryl methyl sites for hydroxylation is 2. The molecule has 4 aromatic heterocycles. The van der Waals surface area contributed by atoms with Crippen molar-refractivity contribution in [3.05, 3.63) is 187 Å². The van der Waals surface area contributed by atoms with Crippen LogP contribution >= 0.6 is 0 Å². The Morgan fingerprint density at radius 3 is 2.17 bits per heavy atom. The number of aromatic amines is 1. The normalized spacial score (nSPS) is 12.9. The van der Waals surface area contributed by atoms with Crippen molar-refractivity contribution in [2.24, 2.45) is 0 Å². The van der Waals surface area contributed by atoms with E-state index in [9.17, 15) is 0 Å². The van der Waals surface area contributed by atoms with Crippen LogP contribution < -0.4 is 5.32 Å². The molecule has 0 spiro atoms. The van der Waals surface area contributed by atoms with E-state index in [4.69, 9.17) is 4.42 Å². The van der Waals surface area contributed by atoms with Crippen LogP contribution in [0.4, 0.5) is 11.4 Å². The molecular weight excluding hydrogens is 733 g/mol. The van der Waals surface area contributed by atoms with Crippen molar-refractivity contribution in [3.63, 3.8) is 0 Å². The van der Waals surface area contributed by atoms with E-state index < -0.39 is 0 Å². The smallest absolute Gasteiger partial charge is 0.135 e. The quantitative estimate of drug-likeness (QED) is 0.183. The van der Waals surface area contributed by atoms with Crippen molar-refractivity contribution >= 4 is 93.9 Å². The van der Waals surface area contributed by atoms with E-state index in [0.29, 0.717) is 0 Å². The number of nitrogens with zero attached hydrogens (tertiary/aromatic N) is 2. The molecule has 1 aliphatic rings. The van der Waals surface area contributed by atoms with Gasteiger partial charge in [-0.2, -0.15) is 0 Å². The predicted molar refractivity (Wildman–Crippen MR) is 252 cm³/mol. The molecule has 0 aliphatic heterocycles. The van der Waals surface area contributed by atoms with Crippen molar-refractivity contribution in [2.45, 2.75) is 19.8 Å². The summed E-state index contributed by atoms with van der Waals surface area (Å²) in [4.78, 5) is 3.80. The van der Waals surface area contributed by atoms with Crippen LogP contribution in [-0.4, -0.2) is 14.1 Å². The van der Waals surface area contributed by atoms with Gasteiger partial charge in [-0.1, -0.05) is 84.9 Å². The van der Waals surface area contributed by atoms with E-state index in [2.05, 4.69) is 190 Å². The number of hydrogen-bond acceptors (Lipinski definition) is 2. The molecule has 0 unspecified atom stereocenters. The maximum absolute atomic E-state index is 6.28. The summed E-state index contributed by atoms with van der Waals surface area (Å²) in [5.74, 6) is 0. The summed E-state index contributed by atoms with van der Waals surface area (Å²) < 4.78 is 11.2. The number of fused-ring (bicyclic) bond motifs is 12. The Labute approximate surface area is 345 Å². The third kappa shape index (κ3) is 4.86. The van der Waals surface area contributed by atoms with Crippen LogP contribution in [0.3, 0.4) is 0 Å². The second-order valence-electron chi connectivity index (χ2n) is 16.3. The monoisotopic (exact) mass is 770 g/mol. The van der Waals surface area contributed by atoms with Crippen molar-refractivity contribution in [2.75, 3.05) is 5.32 Å². The standard InChI is InChI=1S/C55H38N4O/c1-33-12-2-3-13-37(33)38-14-4-8-18-47(38)56-34-22-25-48-42(28-34)43-31-45-44-29-35(58-50-19-9-5-15-39(50)40-16-6-10-20-51(40)58)23-26-52(44)59(53(45)32-49(43)57-48)36-24-27-55-46(30-36)41-17-7-11-21-54(41)60-55/h2-5,7-15,17-32,56-57H,6,16H2,1H3. The molecule has 0 saturated carbocycles. The Balaban J connectivity index is 1.04. The number of nitrogens with one attached hydrogen (secondary N) is 2. The van der Waals surface area contributed by atoms with Gasteiger partial charge in [0.05, 0.1) is 16.6 Å². The molecule has 0 radical (unpaired) electrons. The molecular formula is C55H38N4O. The third-order valence-electron chi connectivity index (χ3n) is 12.8. The van der Waals surface area contributed by atoms with Crippen LogP contribution in [0.15, 0.2) is 174 Å². The zero-order valence-corrected chi connectivity index (χ0v) is 33.0. The lowest BCUT2D eigenvalue weighted by molar-refractivity contribution is 0.669. The predicted octanol–water partition coefficient (Wildman–Crippen LogP) is 14.9. The Morgan fingerprint density at radius 1 is 0.517 bits per heavy atom. The fourth-order valence-electron chi connectivity index (χ4n) is 10.1. The van der Waals surface area contributed by atoms with Crippen molar-refractivity contribution in [1.82, 2.24) is 14.1 Å². The topological polar surface area (TPSA) is 50.8 Å². The third-order valence-corrected chi connectivity index (χ3v) is 12.8. The molecule has 13 rings (SSSR count). The van der Waals surface area contributed by atoms with Gasteiger partial charge < -0.3 is 23.9 Å². The van der Waals surface area contributed by atoms with Crippen LogP contribution in [0.1, 0.15) is 23.2 Å². The number of benzene rings is 8. The molecule has 4 heterocycles. The molecule has 12 aromatic rings. The first-order valence-electron chi connectivity index (χ1n) is 20.8. The second-order valence-corrected chi connectivity index (χ2v) is 16.3. The van der Waals surface area contributed by atoms with Crippen LogP contribution in [0, 0.1) is 6.92 Å². The van der Waals surface area contributed by atoms with Gasteiger partial charge in [0.25, 0.3) is 0 Å². The molecule has 0 atom stereocenters. The van der Waals surface area contributed by atoms with Crippen LogP contribution in [0.5, 0.6) is 0 Å². The van der Waals surface area contributed by atoms with E-state index >= 15 is 0 Å². The molecule has 1 aliphatic carbocycles. The Morgan fingerprint density at radius 2 is 1.23 bits per heavy atom.